The Morgan fingerprint density at radius 1 is 1.47 bits per heavy atom. The molecule has 5 N–H and O–H groups in total. The van der Waals surface area contributed by atoms with Gasteiger partial charge in [0.05, 0.1) is 0 Å². The number of rotatable bonds is 4. The first-order valence-corrected chi connectivity index (χ1v) is 3.91. The zero-order valence-electron chi connectivity index (χ0n) is 8.27. The van der Waals surface area contributed by atoms with Gasteiger partial charge in [-0.15, -0.1) is 0 Å². The summed E-state index contributed by atoms with van der Waals surface area (Å²) in [5.74, 6) is -2.50. The van der Waals surface area contributed by atoms with E-state index in [4.69, 9.17) is 15.9 Å². The van der Waals surface area contributed by atoms with Crippen molar-refractivity contribution < 1.29 is 24.6 Å². The van der Waals surface area contributed by atoms with Crippen LogP contribution >= 0.6 is 0 Å². The summed E-state index contributed by atoms with van der Waals surface area (Å²) in [5.41, 5.74) is 4.84. The molecule has 15 heavy (non-hydrogen) atoms. The molecule has 0 aromatic carbocycles. The largest absolute Gasteiger partial charge is 0.480 e. The van der Waals surface area contributed by atoms with Gasteiger partial charge >= 0.3 is 11.9 Å². The van der Waals surface area contributed by atoms with E-state index >= 15 is 0 Å². The molecule has 0 rings (SSSR count). The second-order valence-electron chi connectivity index (χ2n) is 2.44. The number of nitrogens with one attached hydrogen (secondary N) is 1. The minimum atomic E-state index is -1.06. The van der Waals surface area contributed by atoms with Crippen LogP contribution in [0.2, 0.25) is 0 Å². The zero-order chi connectivity index (χ0) is 12.4. The number of carbonyl (C=O) groups is 3. The van der Waals surface area contributed by atoms with Gasteiger partial charge in [-0.25, -0.2) is 0 Å². The van der Waals surface area contributed by atoms with Crippen molar-refractivity contribution in [2.75, 3.05) is 6.54 Å². The summed E-state index contributed by atoms with van der Waals surface area (Å²) in [7, 11) is 0. The molecule has 0 aromatic heterocycles. The molecular weight excluding hydrogens is 204 g/mol. The van der Waals surface area contributed by atoms with E-state index < -0.39 is 23.9 Å². The Morgan fingerprint density at radius 2 is 1.87 bits per heavy atom. The second-order valence-corrected chi connectivity index (χ2v) is 2.44. The first kappa shape index (κ1) is 15.6. The maximum atomic E-state index is 10.2. The Bertz CT molecular complexity index is 249. The van der Waals surface area contributed by atoms with Crippen LogP contribution in [0, 0.1) is 0 Å². The van der Waals surface area contributed by atoms with Crippen LogP contribution in [0.3, 0.4) is 0 Å². The van der Waals surface area contributed by atoms with Crippen molar-refractivity contribution in [3.63, 3.8) is 0 Å². The van der Waals surface area contributed by atoms with Crippen LogP contribution in [0.25, 0.3) is 0 Å². The van der Waals surface area contributed by atoms with E-state index in [1.165, 1.54) is 6.92 Å². The maximum absolute atomic E-state index is 10.2. The van der Waals surface area contributed by atoms with Gasteiger partial charge < -0.3 is 21.3 Å². The average molecular weight is 218 g/mol. The molecule has 0 aliphatic heterocycles. The fraction of sp³-hybridized carbons (Fsp3) is 0.375. The summed E-state index contributed by atoms with van der Waals surface area (Å²) in [6, 6.07) is -0.731. The van der Waals surface area contributed by atoms with Crippen LogP contribution < -0.4 is 11.1 Å². The number of aliphatic carboxylic acids is 2. The summed E-state index contributed by atoms with van der Waals surface area (Å²) in [6.07, 6.45) is 1.02. The van der Waals surface area contributed by atoms with Crippen molar-refractivity contribution in [3.8, 4) is 0 Å². The van der Waals surface area contributed by atoms with Crippen LogP contribution in [0.5, 0.6) is 0 Å². The van der Waals surface area contributed by atoms with Crippen LogP contribution in [0.1, 0.15) is 6.92 Å². The van der Waals surface area contributed by atoms with E-state index in [1.54, 1.807) is 0 Å². The van der Waals surface area contributed by atoms with Crippen LogP contribution in [0.4, 0.5) is 0 Å². The van der Waals surface area contributed by atoms with E-state index in [0.29, 0.717) is 0 Å². The summed E-state index contributed by atoms with van der Waals surface area (Å²) >= 11 is 0. The molecule has 0 heterocycles. The summed E-state index contributed by atoms with van der Waals surface area (Å²) in [6.45, 7) is 4.20. The molecule has 0 bridgehead atoms. The Hall–Kier alpha value is -1.89. The fourth-order valence-electron chi connectivity index (χ4n) is 0.235. The molecule has 0 aromatic rings. The lowest BCUT2D eigenvalue weighted by molar-refractivity contribution is -0.138. The first-order valence-electron chi connectivity index (χ1n) is 3.91. The normalized spacial score (nSPS) is 10.3. The highest BCUT2D eigenvalue weighted by Crippen LogP contribution is 1.68. The van der Waals surface area contributed by atoms with Crippen LogP contribution in [0.15, 0.2) is 12.7 Å². The topological polar surface area (TPSA) is 130 Å². The number of hydrogen-bond donors (Lipinski definition) is 4. The highest BCUT2D eigenvalue weighted by Gasteiger charge is 1.99. The fourth-order valence-corrected chi connectivity index (χ4v) is 0.235. The lowest BCUT2D eigenvalue weighted by Crippen LogP contribution is -2.27. The Labute approximate surface area is 86.6 Å². The Balaban J connectivity index is 0. The van der Waals surface area contributed by atoms with E-state index in [2.05, 4.69) is 11.9 Å². The number of nitrogens with two attached hydrogens (primary N) is 1. The molecule has 1 atom stereocenters. The smallest absolute Gasteiger partial charge is 0.322 e. The van der Waals surface area contributed by atoms with Gasteiger partial charge in [0.15, 0.2) is 0 Å². The third-order valence-electron chi connectivity index (χ3n) is 0.989. The van der Waals surface area contributed by atoms with Crippen molar-refractivity contribution in [1.82, 2.24) is 5.32 Å². The predicted molar refractivity (Wildman–Crippen MR) is 52.1 cm³/mol. The predicted octanol–water partition coefficient (Wildman–Crippen LogP) is -1.21. The highest BCUT2D eigenvalue weighted by atomic mass is 16.4. The second kappa shape index (κ2) is 8.70. The number of hydrogen-bond acceptors (Lipinski definition) is 4. The van der Waals surface area contributed by atoms with Gasteiger partial charge in [0.1, 0.15) is 12.6 Å². The Morgan fingerprint density at radius 3 is 2.07 bits per heavy atom. The van der Waals surface area contributed by atoms with Crippen molar-refractivity contribution in [2.45, 2.75) is 13.0 Å². The third kappa shape index (κ3) is 14.9. The van der Waals surface area contributed by atoms with Gasteiger partial charge in [0, 0.05) is 0 Å². The lowest BCUT2D eigenvalue weighted by atomic mass is 10.4. The SMILES string of the molecule is C=CC(=O)NCC(=O)O.C[C@H](N)C(=O)O. The average Bonchev–Trinajstić information content (AvgIpc) is 2.14. The number of carboxylic acids is 2. The van der Waals surface area contributed by atoms with Crippen LogP contribution in [-0.4, -0.2) is 40.6 Å². The van der Waals surface area contributed by atoms with E-state index in [9.17, 15) is 14.4 Å². The lowest BCUT2D eigenvalue weighted by Gasteiger charge is -1.93. The third-order valence-corrected chi connectivity index (χ3v) is 0.989. The van der Waals surface area contributed by atoms with Crippen molar-refractivity contribution in [3.05, 3.63) is 12.7 Å². The van der Waals surface area contributed by atoms with E-state index in [1.807, 2.05) is 0 Å². The zero-order valence-corrected chi connectivity index (χ0v) is 8.27. The number of carbonyl (C=O) groups excluding carboxylic acids is 1. The van der Waals surface area contributed by atoms with Crippen molar-refractivity contribution in [1.29, 1.82) is 0 Å². The van der Waals surface area contributed by atoms with Gasteiger partial charge in [-0.3, -0.25) is 14.4 Å². The van der Waals surface area contributed by atoms with Crippen molar-refractivity contribution >= 4 is 17.8 Å². The highest BCUT2D eigenvalue weighted by molar-refractivity contribution is 5.89. The molecule has 0 radical (unpaired) electrons. The minimum Gasteiger partial charge on any atom is -0.480 e. The maximum Gasteiger partial charge on any atom is 0.322 e. The molecule has 1 amide bonds. The van der Waals surface area contributed by atoms with Crippen molar-refractivity contribution in [2.24, 2.45) is 5.73 Å². The summed E-state index contributed by atoms with van der Waals surface area (Å²) < 4.78 is 0. The molecule has 86 valence electrons. The minimum absolute atomic E-state index is 0.356. The monoisotopic (exact) mass is 218 g/mol. The summed E-state index contributed by atoms with van der Waals surface area (Å²) in [5, 5.41) is 17.9. The molecule has 0 saturated carbocycles. The molecule has 0 aliphatic rings. The number of carboxylic acid groups (broad SMARTS) is 2. The standard InChI is InChI=1S/C5H7NO3.C3H7NO2/c1-2-4(7)6-3-5(8)9;1-2(4)3(5)6/h2H,1,3H2,(H,6,7)(H,8,9);2H,4H2,1H3,(H,5,6)/t;2-/m.0/s1. The molecule has 7 nitrogen and oxygen atoms in total. The molecule has 0 saturated heterocycles. The molecule has 0 spiro atoms. The first-order chi connectivity index (χ1) is 6.81. The van der Waals surface area contributed by atoms with Crippen LogP contribution in [-0.2, 0) is 14.4 Å². The van der Waals surface area contributed by atoms with Gasteiger partial charge in [-0.05, 0) is 13.0 Å². The number of amides is 1. The molecular formula is C8H14N2O5. The quantitative estimate of drug-likeness (QED) is 0.438. The molecule has 0 aliphatic carbocycles. The van der Waals surface area contributed by atoms with E-state index in [0.717, 1.165) is 6.08 Å². The molecule has 7 heteroatoms. The van der Waals surface area contributed by atoms with Gasteiger partial charge in [0.25, 0.3) is 0 Å². The molecule has 0 fully saturated rings. The molecule has 0 unspecified atom stereocenters. The van der Waals surface area contributed by atoms with Gasteiger partial charge in [-0.2, -0.15) is 0 Å². The Kier molecular flexibility index (Phi) is 9.03. The van der Waals surface area contributed by atoms with Gasteiger partial charge in [-0.1, -0.05) is 6.58 Å². The summed E-state index contributed by atoms with van der Waals surface area (Å²) in [4.78, 5) is 29.6. The van der Waals surface area contributed by atoms with E-state index in [-0.39, 0.29) is 6.54 Å². The van der Waals surface area contributed by atoms with Gasteiger partial charge in [0.2, 0.25) is 5.91 Å².